The number of aliphatic imine (C=N–C) groups is 1. The van der Waals surface area contributed by atoms with Gasteiger partial charge in [-0.2, -0.15) is 0 Å². The van der Waals surface area contributed by atoms with Gasteiger partial charge in [-0.1, -0.05) is 18.2 Å². The molecule has 1 aliphatic heterocycles. The van der Waals surface area contributed by atoms with Gasteiger partial charge in [-0.05, 0) is 6.07 Å². The molecule has 0 fully saturated rings. The molecule has 13 heavy (non-hydrogen) atoms. The maximum atomic E-state index is 5.76. The Labute approximate surface area is 77.2 Å². The fraction of sp³-hybridized carbons (Fsp3) is 0.300. The normalized spacial score (nSPS) is 21.0. The number of rotatable bonds is 1. The van der Waals surface area contributed by atoms with Gasteiger partial charge in [0.15, 0.2) is 0 Å². The lowest BCUT2D eigenvalue weighted by molar-refractivity contribution is 0.349. The van der Waals surface area contributed by atoms with E-state index in [1.54, 1.807) is 7.05 Å². The first-order chi connectivity index (χ1) is 6.33. The molecule has 2 N–H and O–H groups in total. The van der Waals surface area contributed by atoms with Crippen LogP contribution in [0.15, 0.2) is 29.3 Å². The minimum absolute atomic E-state index is 0.140. The smallest absolute Gasteiger partial charge is 0.123 e. The van der Waals surface area contributed by atoms with Crippen LogP contribution in [0.4, 0.5) is 0 Å². The average molecular weight is 176 g/mol. The first kappa shape index (κ1) is 8.10. The Kier molecular flexibility index (Phi) is 1.93. The van der Waals surface area contributed by atoms with Crippen molar-refractivity contribution in [1.29, 1.82) is 0 Å². The Bertz CT molecular complexity index is 347. The Morgan fingerprint density at radius 1 is 1.54 bits per heavy atom. The van der Waals surface area contributed by atoms with E-state index in [0.717, 1.165) is 11.3 Å². The van der Waals surface area contributed by atoms with Crippen molar-refractivity contribution in [2.24, 2.45) is 10.7 Å². The number of para-hydroxylation sites is 1. The summed E-state index contributed by atoms with van der Waals surface area (Å²) in [5, 5.41) is 0. The number of ether oxygens (including phenoxy) is 1. The molecule has 1 aliphatic rings. The molecule has 1 atom stereocenters. The van der Waals surface area contributed by atoms with Gasteiger partial charge in [0.05, 0.1) is 5.92 Å². The van der Waals surface area contributed by atoms with E-state index in [4.69, 9.17) is 10.5 Å². The first-order valence-corrected chi connectivity index (χ1v) is 4.27. The van der Waals surface area contributed by atoms with Crippen LogP contribution in [0.5, 0.6) is 5.75 Å². The predicted octanol–water partition coefficient (Wildman–Crippen LogP) is 1.15. The Balaban J connectivity index is 2.39. The van der Waals surface area contributed by atoms with Crippen LogP contribution in [0.25, 0.3) is 0 Å². The molecule has 1 heterocycles. The molecule has 2 rings (SSSR count). The van der Waals surface area contributed by atoms with Crippen molar-refractivity contribution in [3.8, 4) is 5.75 Å². The van der Waals surface area contributed by atoms with Crippen LogP contribution in [-0.4, -0.2) is 19.5 Å². The number of hydrogen-bond acceptors (Lipinski definition) is 2. The van der Waals surface area contributed by atoms with Crippen LogP contribution in [0.1, 0.15) is 11.5 Å². The summed E-state index contributed by atoms with van der Waals surface area (Å²) in [5.74, 6) is 1.71. The van der Waals surface area contributed by atoms with E-state index in [0.29, 0.717) is 12.4 Å². The highest BCUT2D eigenvalue weighted by Crippen LogP contribution is 2.33. The van der Waals surface area contributed by atoms with Crippen LogP contribution < -0.4 is 10.5 Å². The molecular formula is C10H12N2O. The van der Waals surface area contributed by atoms with Crippen LogP contribution in [0.2, 0.25) is 0 Å². The van der Waals surface area contributed by atoms with Crippen molar-refractivity contribution in [2.45, 2.75) is 5.92 Å². The molecule has 0 radical (unpaired) electrons. The molecule has 3 heteroatoms. The van der Waals surface area contributed by atoms with Gasteiger partial charge in [-0.25, -0.2) is 0 Å². The van der Waals surface area contributed by atoms with E-state index in [2.05, 4.69) is 4.99 Å². The zero-order chi connectivity index (χ0) is 9.26. The summed E-state index contributed by atoms with van der Waals surface area (Å²) in [5.41, 5.74) is 6.91. The third-order valence-corrected chi connectivity index (χ3v) is 2.32. The largest absolute Gasteiger partial charge is 0.492 e. The van der Waals surface area contributed by atoms with Gasteiger partial charge in [0, 0.05) is 12.6 Å². The summed E-state index contributed by atoms with van der Waals surface area (Å²) in [4.78, 5) is 3.98. The first-order valence-electron chi connectivity index (χ1n) is 4.27. The summed E-state index contributed by atoms with van der Waals surface area (Å²) in [7, 11) is 1.70. The van der Waals surface area contributed by atoms with Crippen molar-refractivity contribution < 1.29 is 4.74 Å². The fourth-order valence-corrected chi connectivity index (χ4v) is 1.56. The lowest BCUT2D eigenvalue weighted by Crippen LogP contribution is -2.22. The molecule has 0 saturated heterocycles. The quantitative estimate of drug-likeness (QED) is 0.515. The van der Waals surface area contributed by atoms with E-state index < -0.39 is 0 Å². The maximum absolute atomic E-state index is 5.76. The lowest BCUT2D eigenvalue weighted by Gasteiger charge is -2.06. The molecule has 3 nitrogen and oxygen atoms in total. The third kappa shape index (κ3) is 1.26. The minimum Gasteiger partial charge on any atom is -0.492 e. The van der Waals surface area contributed by atoms with Gasteiger partial charge in [0.2, 0.25) is 0 Å². The van der Waals surface area contributed by atoms with E-state index >= 15 is 0 Å². The Morgan fingerprint density at radius 2 is 2.31 bits per heavy atom. The van der Waals surface area contributed by atoms with Crippen LogP contribution >= 0.6 is 0 Å². The van der Waals surface area contributed by atoms with Gasteiger partial charge in [-0.3, -0.25) is 4.99 Å². The van der Waals surface area contributed by atoms with E-state index in [-0.39, 0.29) is 5.92 Å². The van der Waals surface area contributed by atoms with Gasteiger partial charge >= 0.3 is 0 Å². The molecule has 0 bridgehead atoms. The van der Waals surface area contributed by atoms with Crippen molar-refractivity contribution >= 4 is 5.84 Å². The zero-order valence-corrected chi connectivity index (χ0v) is 7.53. The van der Waals surface area contributed by atoms with Crippen molar-refractivity contribution in [2.75, 3.05) is 13.7 Å². The highest BCUT2D eigenvalue weighted by Gasteiger charge is 2.26. The summed E-state index contributed by atoms with van der Waals surface area (Å²) in [6.07, 6.45) is 0. The highest BCUT2D eigenvalue weighted by molar-refractivity contribution is 5.88. The van der Waals surface area contributed by atoms with Crippen molar-refractivity contribution in [1.82, 2.24) is 0 Å². The van der Waals surface area contributed by atoms with E-state index in [9.17, 15) is 0 Å². The van der Waals surface area contributed by atoms with Crippen molar-refractivity contribution in [3.05, 3.63) is 29.8 Å². The maximum Gasteiger partial charge on any atom is 0.123 e. The fourth-order valence-electron chi connectivity index (χ4n) is 1.56. The van der Waals surface area contributed by atoms with E-state index in [1.165, 1.54) is 0 Å². The van der Waals surface area contributed by atoms with Crippen LogP contribution in [0, 0.1) is 0 Å². The summed E-state index contributed by atoms with van der Waals surface area (Å²) in [6, 6.07) is 7.94. The number of amidine groups is 1. The molecule has 1 unspecified atom stereocenters. The second-order valence-corrected chi connectivity index (χ2v) is 3.05. The van der Waals surface area contributed by atoms with Crippen LogP contribution in [-0.2, 0) is 0 Å². The number of hydrogen-bond donors (Lipinski definition) is 1. The Hall–Kier alpha value is -1.51. The van der Waals surface area contributed by atoms with Gasteiger partial charge in [-0.15, -0.1) is 0 Å². The predicted molar refractivity (Wildman–Crippen MR) is 52.2 cm³/mol. The second kappa shape index (κ2) is 3.09. The molecule has 0 amide bonds. The standard InChI is InChI=1S/C10H12N2O/c1-12-10(11)8-6-13-9-5-3-2-4-7(8)9/h2-5,8H,6H2,1H3,(H2,11,12). The molecule has 68 valence electrons. The number of fused-ring (bicyclic) bond motifs is 1. The highest BCUT2D eigenvalue weighted by atomic mass is 16.5. The molecule has 1 aromatic carbocycles. The number of benzene rings is 1. The SMILES string of the molecule is CN=C(N)C1COc2ccccc21. The molecule has 0 aromatic heterocycles. The molecule has 0 spiro atoms. The summed E-state index contributed by atoms with van der Waals surface area (Å²) >= 11 is 0. The topological polar surface area (TPSA) is 47.6 Å². The summed E-state index contributed by atoms with van der Waals surface area (Å²) in [6.45, 7) is 0.614. The van der Waals surface area contributed by atoms with Gasteiger partial charge in [0.1, 0.15) is 18.2 Å². The second-order valence-electron chi connectivity index (χ2n) is 3.05. The minimum atomic E-state index is 0.140. The monoisotopic (exact) mass is 176 g/mol. The molecular weight excluding hydrogens is 164 g/mol. The van der Waals surface area contributed by atoms with Crippen molar-refractivity contribution in [3.63, 3.8) is 0 Å². The molecule has 0 aliphatic carbocycles. The third-order valence-electron chi connectivity index (χ3n) is 2.32. The number of nitrogens with two attached hydrogens (primary N) is 1. The summed E-state index contributed by atoms with van der Waals surface area (Å²) < 4.78 is 5.47. The van der Waals surface area contributed by atoms with Gasteiger partial charge in [0.25, 0.3) is 0 Å². The van der Waals surface area contributed by atoms with Gasteiger partial charge < -0.3 is 10.5 Å². The number of nitrogens with zero attached hydrogens (tertiary/aromatic N) is 1. The average Bonchev–Trinajstić information content (AvgIpc) is 2.60. The zero-order valence-electron chi connectivity index (χ0n) is 7.53. The van der Waals surface area contributed by atoms with Crippen LogP contribution in [0.3, 0.4) is 0 Å². The lowest BCUT2D eigenvalue weighted by atomic mass is 10.0. The molecule has 1 aromatic rings. The Morgan fingerprint density at radius 3 is 3.08 bits per heavy atom. The molecule has 0 saturated carbocycles. The van der Waals surface area contributed by atoms with E-state index in [1.807, 2.05) is 24.3 Å².